The van der Waals surface area contributed by atoms with Gasteiger partial charge in [-0.2, -0.15) is 0 Å². The Hall–Kier alpha value is -0.580. The highest BCUT2D eigenvalue weighted by Gasteiger charge is 2.21. The number of rotatable bonds is 6. The zero-order chi connectivity index (χ0) is 14.7. The number of sulfone groups is 1. The van der Waals surface area contributed by atoms with Crippen LogP contribution in [0.5, 0.6) is 0 Å². The van der Waals surface area contributed by atoms with Gasteiger partial charge in [-0.3, -0.25) is 0 Å². The summed E-state index contributed by atoms with van der Waals surface area (Å²) < 4.78 is 22.5. The molecule has 0 radical (unpaired) electrons. The lowest BCUT2D eigenvalue weighted by Crippen LogP contribution is -2.40. The van der Waals surface area contributed by atoms with Crippen LogP contribution in [0.3, 0.4) is 0 Å². The average molecular weight is 304 g/mol. The summed E-state index contributed by atoms with van der Waals surface area (Å²) in [5.74, 6) is 0.277. The molecule has 3 nitrogen and oxygen atoms in total. The molecule has 1 aromatic rings. The Bertz CT molecular complexity index is 526. The van der Waals surface area contributed by atoms with E-state index in [0.29, 0.717) is 11.6 Å². The standard InChI is InChI=1S/C14H22ClNO2S/c1-11(10-19(4,17)18)9-16-14(2,3)12-6-5-7-13(15)8-12/h5-8,11,16H,9-10H2,1-4H3/t11-/m0/s1. The van der Waals surface area contributed by atoms with Crippen molar-refractivity contribution in [3.05, 3.63) is 34.9 Å². The summed E-state index contributed by atoms with van der Waals surface area (Å²) in [6.07, 6.45) is 1.27. The van der Waals surface area contributed by atoms with Gasteiger partial charge in [-0.1, -0.05) is 30.7 Å². The second kappa shape index (κ2) is 6.25. The molecule has 0 amide bonds. The first kappa shape index (κ1) is 16.5. The average Bonchev–Trinajstić information content (AvgIpc) is 2.24. The molecule has 1 N–H and O–H groups in total. The van der Waals surface area contributed by atoms with E-state index in [4.69, 9.17) is 11.6 Å². The normalized spacial score (nSPS) is 14.4. The highest BCUT2D eigenvalue weighted by Crippen LogP contribution is 2.23. The summed E-state index contributed by atoms with van der Waals surface area (Å²) in [6, 6.07) is 7.70. The molecule has 0 heterocycles. The summed E-state index contributed by atoms with van der Waals surface area (Å²) in [5.41, 5.74) is 0.850. The molecule has 19 heavy (non-hydrogen) atoms. The van der Waals surface area contributed by atoms with Gasteiger partial charge in [0.15, 0.2) is 0 Å². The van der Waals surface area contributed by atoms with Crippen molar-refractivity contribution < 1.29 is 8.42 Å². The van der Waals surface area contributed by atoms with Crippen molar-refractivity contribution >= 4 is 21.4 Å². The smallest absolute Gasteiger partial charge is 0.147 e. The predicted octanol–water partition coefficient (Wildman–Crippen LogP) is 2.85. The lowest BCUT2D eigenvalue weighted by molar-refractivity contribution is 0.374. The molecule has 108 valence electrons. The van der Waals surface area contributed by atoms with Crippen LogP contribution in [0.1, 0.15) is 26.3 Å². The topological polar surface area (TPSA) is 46.2 Å². The molecule has 1 rings (SSSR count). The minimum absolute atomic E-state index is 0.0773. The van der Waals surface area contributed by atoms with E-state index in [-0.39, 0.29) is 17.2 Å². The number of halogens is 1. The van der Waals surface area contributed by atoms with E-state index in [9.17, 15) is 8.42 Å². The Kier molecular flexibility index (Phi) is 5.42. The minimum Gasteiger partial charge on any atom is -0.308 e. The monoisotopic (exact) mass is 303 g/mol. The maximum absolute atomic E-state index is 11.2. The third-order valence-corrected chi connectivity index (χ3v) is 4.44. The molecule has 5 heteroatoms. The van der Waals surface area contributed by atoms with Crippen molar-refractivity contribution in [3.8, 4) is 0 Å². The molecule has 1 atom stereocenters. The van der Waals surface area contributed by atoms with Crippen molar-refractivity contribution in [3.63, 3.8) is 0 Å². The van der Waals surface area contributed by atoms with Gasteiger partial charge in [-0.15, -0.1) is 0 Å². The number of nitrogens with one attached hydrogen (secondary N) is 1. The molecule has 0 bridgehead atoms. The van der Waals surface area contributed by atoms with Gasteiger partial charge in [0, 0.05) is 16.8 Å². The quantitative estimate of drug-likeness (QED) is 0.879. The van der Waals surface area contributed by atoms with Crippen LogP contribution in [-0.2, 0) is 15.4 Å². The molecule has 0 aromatic heterocycles. The summed E-state index contributed by atoms with van der Waals surface area (Å²) in [5, 5.41) is 4.11. The van der Waals surface area contributed by atoms with Crippen LogP contribution in [0, 0.1) is 5.92 Å². The van der Waals surface area contributed by atoms with Gasteiger partial charge in [0.2, 0.25) is 0 Å². The third-order valence-electron chi connectivity index (χ3n) is 3.03. The molecule has 0 spiro atoms. The second-order valence-electron chi connectivity index (χ2n) is 5.71. The molecule has 0 aliphatic carbocycles. The van der Waals surface area contributed by atoms with Gasteiger partial charge in [-0.25, -0.2) is 8.42 Å². The zero-order valence-electron chi connectivity index (χ0n) is 11.9. The Balaban J connectivity index is 2.65. The van der Waals surface area contributed by atoms with Gasteiger partial charge in [0.05, 0.1) is 5.75 Å². The fourth-order valence-electron chi connectivity index (χ4n) is 1.98. The molecule has 0 saturated carbocycles. The lowest BCUT2D eigenvalue weighted by Gasteiger charge is -2.29. The minimum atomic E-state index is -2.92. The second-order valence-corrected chi connectivity index (χ2v) is 8.34. The SMILES string of the molecule is C[C@@H](CNC(C)(C)c1cccc(Cl)c1)CS(C)(=O)=O. The van der Waals surface area contributed by atoms with Gasteiger partial charge < -0.3 is 5.32 Å². The summed E-state index contributed by atoms with van der Waals surface area (Å²) in [6.45, 7) is 6.70. The zero-order valence-corrected chi connectivity index (χ0v) is 13.5. The van der Waals surface area contributed by atoms with E-state index >= 15 is 0 Å². The molecule has 1 aromatic carbocycles. The van der Waals surface area contributed by atoms with Crippen LogP contribution < -0.4 is 5.32 Å². The lowest BCUT2D eigenvalue weighted by atomic mass is 9.94. The summed E-state index contributed by atoms with van der Waals surface area (Å²) in [4.78, 5) is 0. The fourth-order valence-corrected chi connectivity index (χ4v) is 3.33. The van der Waals surface area contributed by atoms with Gasteiger partial charge in [-0.05, 0) is 44.0 Å². The third kappa shape index (κ3) is 5.93. The first-order valence-electron chi connectivity index (χ1n) is 6.29. The Morgan fingerprint density at radius 1 is 1.37 bits per heavy atom. The van der Waals surface area contributed by atoms with E-state index in [1.54, 1.807) is 0 Å². The van der Waals surface area contributed by atoms with Gasteiger partial charge >= 0.3 is 0 Å². The van der Waals surface area contributed by atoms with Crippen LogP contribution in [0.4, 0.5) is 0 Å². The molecule has 0 aliphatic heterocycles. The summed E-state index contributed by atoms with van der Waals surface area (Å²) in [7, 11) is -2.92. The van der Waals surface area contributed by atoms with Crippen molar-refractivity contribution in [2.24, 2.45) is 5.92 Å². The van der Waals surface area contributed by atoms with Crippen LogP contribution in [0.2, 0.25) is 5.02 Å². The first-order valence-corrected chi connectivity index (χ1v) is 8.73. The molecular weight excluding hydrogens is 282 g/mol. The maximum Gasteiger partial charge on any atom is 0.147 e. The van der Waals surface area contributed by atoms with E-state index < -0.39 is 9.84 Å². The van der Waals surface area contributed by atoms with E-state index in [0.717, 1.165) is 5.56 Å². The van der Waals surface area contributed by atoms with Crippen molar-refractivity contribution in [1.29, 1.82) is 0 Å². The van der Waals surface area contributed by atoms with Gasteiger partial charge in [0.25, 0.3) is 0 Å². The Morgan fingerprint density at radius 3 is 2.53 bits per heavy atom. The van der Waals surface area contributed by atoms with Gasteiger partial charge in [0.1, 0.15) is 9.84 Å². The molecule has 0 saturated heterocycles. The molecular formula is C14H22ClNO2S. The van der Waals surface area contributed by atoms with Crippen LogP contribution in [-0.4, -0.2) is 27.0 Å². The highest BCUT2D eigenvalue weighted by atomic mass is 35.5. The molecule has 0 unspecified atom stereocenters. The van der Waals surface area contributed by atoms with E-state index in [1.807, 2.05) is 31.2 Å². The Labute approximate surface area is 121 Å². The first-order chi connectivity index (χ1) is 8.60. The number of benzene rings is 1. The van der Waals surface area contributed by atoms with Crippen LogP contribution in [0.25, 0.3) is 0 Å². The molecule has 0 fully saturated rings. The van der Waals surface area contributed by atoms with Crippen LogP contribution in [0.15, 0.2) is 24.3 Å². The number of hydrogen-bond acceptors (Lipinski definition) is 3. The predicted molar refractivity (Wildman–Crippen MR) is 81.4 cm³/mol. The van der Waals surface area contributed by atoms with E-state index in [2.05, 4.69) is 19.2 Å². The highest BCUT2D eigenvalue weighted by molar-refractivity contribution is 7.90. The van der Waals surface area contributed by atoms with Crippen LogP contribution >= 0.6 is 11.6 Å². The van der Waals surface area contributed by atoms with E-state index in [1.165, 1.54) is 6.26 Å². The summed E-state index contributed by atoms with van der Waals surface area (Å²) >= 11 is 5.99. The molecule has 0 aliphatic rings. The van der Waals surface area contributed by atoms with Crippen molar-refractivity contribution in [2.75, 3.05) is 18.6 Å². The Morgan fingerprint density at radius 2 is 2.00 bits per heavy atom. The van der Waals surface area contributed by atoms with Crippen molar-refractivity contribution in [1.82, 2.24) is 5.32 Å². The number of hydrogen-bond donors (Lipinski definition) is 1. The largest absolute Gasteiger partial charge is 0.308 e. The fraction of sp³-hybridized carbons (Fsp3) is 0.571. The van der Waals surface area contributed by atoms with Crippen molar-refractivity contribution in [2.45, 2.75) is 26.3 Å². The maximum atomic E-state index is 11.2.